The molecule has 1 aliphatic heterocycles. The molecule has 10 heteroatoms. The maximum Gasteiger partial charge on any atom is 0.528 e. The first-order chi connectivity index (χ1) is 23.7. The Balaban J connectivity index is 1.17. The molecule has 0 radical (unpaired) electrons. The third-order valence-electron chi connectivity index (χ3n) is 8.34. The summed E-state index contributed by atoms with van der Waals surface area (Å²) in [5.74, 6) is 2.83. The molecule has 0 aliphatic carbocycles. The van der Waals surface area contributed by atoms with Gasteiger partial charge in [-0.15, -0.1) is 5.06 Å². The van der Waals surface area contributed by atoms with Crippen LogP contribution in [0.25, 0.3) is 22.0 Å². The first-order valence-corrected chi connectivity index (χ1v) is 16.3. The number of carbonyl (C=O) groups excluding carboxylic acids is 1. The molecule has 0 bridgehead atoms. The summed E-state index contributed by atoms with van der Waals surface area (Å²) in [6.45, 7) is 6.79. The van der Waals surface area contributed by atoms with Crippen molar-refractivity contribution in [2.75, 3.05) is 27.3 Å². The van der Waals surface area contributed by atoms with Crippen molar-refractivity contribution in [3.8, 4) is 28.5 Å². The normalized spacial score (nSPS) is 16.7. The number of piperidine rings is 1. The van der Waals surface area contributed by atoms with Crippen molar-refractivity contribution >= 4 is 16.9 Å². The third kappa shape index (κ3) is 8.33. The Bertz CT molecular complexity index is 1850. The Kier molecular flexibility index (Phi) is 10.4. The Hall–Kier alpha value is -5.06. The molecule has 2 atom stereocenters. The van der Waals surface area contributed by atoms with E-state index in [9.17, 15) is 4.79 Å². The minimum Gasteiger partial charge on any atom is -0.496 e. The molecule has 6 rings (SSSR count). The summed E-state index contributed by atoms with van der Waals surface area (Å²) in [5, 5.41) is 7.69. The quantitative estimate of drug-likeness (QED) is 0.128. The van der Waals surface area contributed by atoms with Crippen molar-refractivity contribution in [1.82, 2.24) is 10.2 Å². The molecule has 0 amide bonds. The summed E-state index contributed by atoms with van der Waals surface area (Å²) in [7, 11) is 3.31. The molecule has 256 valence electrons. The lowest BCUT2D eigenvalue weighted by Gasteiger charge is -2.37. The molecule has 10 nitrogen and oxygen atoms in total. The first kappa shape index (κ1) is 33.8. The van der Waals surface area contributed by atoms with Gasteiger partial charge in [0.2, 0.25) is 0 Å². The van der Waals surface area contributed by atoms with Crippen molar-refractivity contribution in [3.63, 3.8) is 0 Å². The minimum atomic E-state index is -0.741. The Morgan fingerprint density at radius 3 is 2.35 bits per heavy atom. The molecule has 2 heterocycles. The zero-order chi connectivity index (χ0) is 34.4. The molecule has 0 N–H and O–H groups in total. The van der Waals surface area contributed by atoms with E-state index in [-0.39, 0.29) is 25.2 Å². The zero-order valence-corrected chi connectivity index (χ0v) is 28.5. The third-order valence-corrected chi connectivity index (χ3v) is 8.34. The number of ether oxygens (including phenoxy) is 5. The van der Waals surface area contributed by atoms with Gasteiger partial charge in [0.1, 0.15) is 35.2 Å². The zero-order valence-electron chi connectivity index (χ0n) is 28.5. The maximum atomic E-state index is 12.5. The fourth-order valence-corrected chi connectivity index (χ4v) is 6.07. The summed E-state index contributed by atoms with van der Waals surface area (Å²) in [5.41, 5.74) is 3.02. The molecule has 1 fully saturated rings. The van der Waals surface area contributed by atoms with Crippen LogP contribution in [-0.4, -0.2) is 55.4 Å². The van der Waals surface area contributed by atoms with Gasteiger partial charge in [-0.05, 0) is 51.0 Å². The van der Waals surface area contributed by atoms with Gasteiger partial charge < -0.3 is 33.0 Å². The molecule has 1 aliphatic rings. The van der Waals surface area contributed by atoms with E-state index in [1.165, 1.54) is 0 Å². The predicted octanol–water partition coefficient (Wildman–Crippen LogP) is 8.33. The topological polar surface area (TPSA) is 102 Å². The fourth-order valence-electron chi connectivity index (χ4n) is 6.07. The van der Waals surface area contributed by atoms with Crippen LogP contribution in [0.1, 0.15) is 50.0 Å². The Labute approximate surface area is 286 Å². The second kappa shape index (κ2) is 15.0. The standard InChI is InChI=1S/C39H42N2O8/c1-39(2,3)47-38(42)49-41-20-19-31(36(23-41)46-24-28-21-35(43-4)32-13-9-10-14-33(32)37(28)44-5)26-15-17-29(18-16-26)45-25-30-22-34(40-48-30)27-11-7-6-8-12-27/h6-18,21-22,31,36H,19-20,23-25H2,1-5H3. The summed E-state index contributed by atoms with van der Waals surface area (Å²) in [6, 6.07) is 29.7. The van der Waals surface area contributed by atoms with Gasteiger partial charge in [-0.1, -0.05) is 71.9 Å². The van der Waals surface area contributed by atoms with Crippen molar-refractivity contribution in [2.24, 2.45) is 0 Å². The highest BCUT2D eigenvalue weighted by atomic mass is 16.8. The van der Waals surface area contributed by atoms with Gasteiger partial charge in [-0.25, -0.2) is 4.79 Å². The average molecular weight is 667 g/mol. The molecule has 1 aromatic heterocycles. The number of fused-ring (bicyclic) bond motifs is 1. The van der Waals surface area contributed by atoms with Crippen LogP contribution < -0.4 is 14.2 Å². The summed E-state index contributed by atoms with van der Waals surface area (Å²) in [4.78, 5) is 18.1. The molecule has 0 saturated carbocycles. The summed E-state index contributed by atoms with van der Waals surface area (Å²) < 4.78 is 35.2. The Morgan fingerprint density at radius 1 is 0.898 bits per heavy atom. The number of rotatable bonds is 11. The lowest BCUT2D eigenvalue weighted by atomic mass is 9.87. The number of aromatic nitrogens is 1. The van der Waals surface area contributed by atoms with Crippen LogP contribution >= 0.6 is 0 Å². The number of nitrogens with zero attached hydrogens (tertiary/aromatic N) is 2. The molecular weight excluding hydrogens is 624 g/mol. The average Bonchev–Trinajstić information content (AvgIpc) is 3.58. The van der Waals surface area contributed by atoms with E-state index in [1.807, 2.05) is 78.9 Å². The van der Waals surface area contributed by atoms with Gasteiger partial charge in [0.05, 0.1) is 33.5 Å². The highest BCUT2D eigenvalue weighted by Gasteiger charge is 2.34. The van der Waals surface area contributed by atoms with Crippen LogP contribution in [0.4, 0.5) is 4.79 Å². The second-order valence-corrected chi connectivity index (χ2v) is 12.9. The van der Waals surface area contributed by atoms with Crippen LogP contribution in [0, 0.1) is 0 Å². The number of hydrogen-bond donors (Lipinski definition) is 0. The number of carbonyl (C=O) groups is 1. The lowest BCUT2D eigenvalue weighted by molar-refractivity contribution is -0.179. The van der Waals surface area contributed by atoms with Gasteiger partial charge in [-0.3, -0.25) is 0 Å². The SMILES string of the molecule is COc1cc(COC2CN(OC(=O)OC(C)(C)C)CCC2c2ccc(OCc3cc(-c4ccccc4)no3)cc2)c(OC)c2ccccc12. The van der Waals surface area contributed by atoms with E-state index >= 15 is 0 Å². The van der Waals surface area contributed by atoms with E-state index in [0.29, 0.717) is 31.0 Å². The van der Waals surface area contributed by atoms with Gasteiger partial charge in [0.15, 0.2) is 5.76 Å². The van der Waals surface area contributed by atoms with Crippen molar-refractivity contribution in [1.29, 1.82) is 0 Å². The molecule has 2 unspecified atom stereocenters. The van der Waals surface area contributed by atoms with Gasteiger partial charge >= 0.3 is 6.16 Å². The van der Waals surface area contributed by atoms with Gasteiger partial charge in [-0.2, -0.15) is 0 Å². The monoisotopic (exact) mass is 666 g/mol. The van der Waals surface area contributed by atoms with E-state index in [2.05, 4.69) is 17.3 Å². The number of methoxy groups -OCH3 is 2. The number of benzene rings is 4. The first-order valence-electron chi connectivity index (χ1n) is 16.3. The molecule has 4 aromatic carbocycles. The van der Waals surface area contributed by atoms with E-state index < -0.39 is 11.8 Å². The highest BCUT2D eigenvalue weighted by molar-refractivity contribution is 5.94. The van der Waals surface area contributed by atoms with E-state index in [1.54, 1.807) is 40.1 Å². The number of hydrogen-bond acceptors (Lipinski definition) is 10. The summed E-state index contributed by atoms with van der Waals surface area (Å²) >= 11 is 0. The second-order valence-electron chi connectivity index (χ2n) is 12.9. The molecule has 49 heavy (non-hydrogen) atoms. The van der Waals surface area contributed by atoms with Crippen LogP contribution in [0.5, 0.6) is 17.2 Å². The fraction of sp³-hybridized carbons (Fsp3) is 0.333. The van der Waals surface area contributed by atoms with E-state index in [0.717, 1.165) is 44.7 Å². The molecule has 5 aromatic rings. The van der Waals surface area contributed by atoms with Crippen LogP contribution in [0.2, 0.25) is 0 Å². The largest absolute Gasteiger partial charge is 0.528 e. The van der Waals surface area contributed by atoms with Crippen molar-refractivity contribution in [2.45, 2.75) is 58.0 Å². The Morgan fingerprint density at radius 2 is 1.63 bits per heavy atom. The minimum absolute atomic E-state index is 0.0172. The molecular formula is C39H42N2O8. The molecule has 1 saturated heterocycles. The summed E-state index contributed by atoms with van der Waals surface area (Å²) in [6.07, 6.45) is -0.378. The van der Waals surface area contributed by atoms with Crippen LogP contribution in [0.15, 0.2) is 95.5 Å². The van der Waals surface area contributed by atoms with Gasteiger partial charge in [0.25, 0.3) is 0 Å². The van der Waals surface area contributed by atoms with Crippen molar-refractivity contribution in [3.05, 3.63) is 108 Å². The van der Waals surface area contributed by atoms with Gasteiger partial charge in [0, 0.05) is 40.4 Å². The van der Waals surface area contributed by atoms with E-state index in [4.69, 9.17) is 33.0 Å². The predicted molar refractivity (Wildman–Crippen MR) is 185 cm³/mol. The maximum absolute atomic E-state index is 12.5. The highest BCUT2D eigenvalue weighted by Crippen LogP contribution is 2.38. The van der Waals surface area contributed by atoms with Crippen molar-refractivity contribution < 1.29 is 37.8 Å². The number of hydroxylamine groups is 2. The van der Waals surface area contributed by atoms with Crippen LogP contribution in [-0.2, 0) is 27.5 Å². The lowest BCUT2D eigenvalue weighted by Crippen LogP contribution is -2.45. The molecule has 0 spiro atoms. The van der Waals surface area contributed by atoms with Crippen LogP contribution in [0.3, 0.4) is 0 Å². The smallest absolute Gasteiger partial charge is 0.496 e.